The van der Waals surface area contributed by atoms with Gasteiger partial charge in [-0.05, 0) is 24.1 Å². The zero-order valence-corrected chi connectivity index (χ0v) is 13.8. The van der Waals surface area contributed by atoms with E-state index in [1.807, 2.05) is 31.2 Å². The highest BCUT2D eigenvalue weighted by atomic mass is 16.5. The van der Waals surface area contributed by atoms with Gasteiger partial charge in [0.15, 0.2) is 0 Å². The molecule has 0 aliphatic carbocycles. The molecule has 25 heavy (non-hydrogen) atoms. The van der Waals surface area contributed by atoms with Gasteiger partial charge in [-0.25, -0.2) is 4.98 Å². The van der Waals surface area contributed by atoms with Gasteiger partial charge in [0.25, 0.3) is 5.56 Å². The Labute approximate surface area is 143 Å². The fourth-order valence-electron chi connectivity index (χ4n) is 4.01. The fourth-order valence-corrected chi connectivity index (χ4v) is 4.01. The van der Waals surface area contributed by atoms with E-state index >= 15 is 0 Å². The van der Waals surface area contributed by atoms with Crippen LogP contribution in [0, 0.1) is 0 Å². The lowest BCUT2D eigenvalue weighted by Gasteiger charge is -2.25. The SMILES string of the molecule is CCC1C(=O)OCc2c1cc(=O)n1c2-c2nc3ccccc3cc2C1. The van der Waals surface area contributed by atoms with Crippen LogP contribution in [0.15, 0.2) is 41.2 Å². The summed E-state index contributed by atoms with van der Waals surface area (Å²) in [4.78, 5) is 29.6. The molecule has 1 atom stereocenters. The summed E-state index contributed by atoms with van der Waals surface area (Å²) in [6, 6.07) is 11.7. The molecule has 1 unspecified atom stereocenters. The Kier molecular flexibility index (Phi) is 2.89. The summed E-state index contributed by atoms with van der Waals surface area (Å²) in [6.07, 6.45) is 0.618. The molecule has 0 amide bonds. The number of cyclic esters (lactones) is 1. The van der Waals surface area contributed by atoms with E-state index in [4.69, 9.17) is 9.72 Å². The van der Waals surface area contributed by atoms with Crippen LogP contribution in [0.5, 0.6) is 0 Å². The fraction of sp³-hybridized carbons (Fsp3) is 0.250. The van der Waals surface area contributed by atoms with E-state index in [2.05, 4.69) is 6.07 Å². The second-order valence-electron chi connectivity index (χ2n) is 6.61. The van der Waals surface area contributed by atoms with Gasteiger partial charge in [-0.2, -0.15) is 0 Å². The van der Waals surface area contributed by atoms with Crippen LogP contribution in [0.2, 0.25) is 0 Å². The highest BCUT2D eigenvalue weighted by Gasteiger charge is 2.34. The monoisotopic (exact) mass is 332 g/mol. The van der Waals surface area contributed by atoms with Gasteiger partial charge in [-0.15, -0.1) is 0 Å². The van der Waals surface area contributed by atoms with E-state index in [-0.39, 0.29) is 24.1 Å². The second-order valence-corrected chi connectivity index (χ2v) is 6.61. The molecule has 0 spiro atoms. The maximum Gasteiger partial charge on any atom is 0.313 e. The molecule has 5 rings (SSSR count). The normalized spacial score (nSPS) is 17.8. The Morgan fingerprint density at radius 3 is 2.92 bits per heavy atom. The third-order valence-electron chi connectivity index (χ3n) is 5.23. The van der Waals surface area contributed by atoms with Crippen LogP contribution in [-0.4, -0.2) is 15.5 Å². The molecular weight excluding hydrogens is 316 g/mol. The van der Waals surface area contributed by atoms with Crippen molar-refractivity contribution in [2.24, 2.45) is 0 Å². The molecule has 2 aliphatic heterocycles. The first-order chi connectivity index (χ1) is 12.2. The van der Waals surface area contributed by atoms with Crippen molar-refractivity contribution in [2.45, 2.75) is 32.4 Å². The molecule has 0 saturated carbocycles. The average Bonchev–Trinajstić information content (AvgIpc) is 2.99. The van der Waals surface area contributed by atoms with Gasteiger partial charge in [0.1, 0.15) is 6.61 Å². The summed E-state index contributed by atoms with van der Waals surface area (Å²) >= 11 is 0. The van der Waals surface area contributed by atoms with Crippen molar-refractivity contribution in [3.05, 3.63) is 63.4 Å². The summed E-state index contributed by atoms with van der Waals surface area (Å²) in [5.74, 6) is -0.615. The number of nitrogens with zero attached hydrogens (tertiary/aromatic N) is 2. The third kappa shape index (κ3) is 1.92. The average molecular weight is 332 g/mol. The summed E-state index contributed by atoms with van der Waals surface area (Å²) < 4.78 is 7.14. The Morgan fingerprint density at radius 2 is 2.08 bits per heavy atom. The van der Waals surface area contributed by atoms with Gasteiger partial charge < -0.3 is 9.30 Å². The molecule has 1 aromatic carbocycles. The van der Waals surface area contributed by atoms with E-state index in [0.29, 0.717) is 13.0 Å². The molecule has 0 bridgehead atoms. The summed E-state index contributed by atoms with van der Waals surface area (Å²) in [6.45, 7) is 2.65. The molecule has 4 heterocycles. The maximum absolute atomic E-state index is 12.7. The minimum atomic E-state index is -0.369. The number of rotatable bonds is 1. The first-order valence-corrected chi connectivity index (χ1v) is 8.49. The van der Waals surface area contributed by atoms with Crippen LogP contribution in [0.25, 0.3) is 22.3 Å². The molecule has 124 valence electrons. The first kappa shape index (κ1) is 14.4. The standard InChI is InChI=1S/C20H16N2O3/c1-2-13-14-8-17(23)22-9-12-7-11-5-3-4-6-16(11)21-18(12)19(22)15(14)10-25-20(13)24/h3-8,13H,2,9-10H2,1H3. The second kappa shape index (κ2) is 5.02. The third-order valence-corrected chi connectivity index (χ3v) is 5.23. The molecule has 2 aromatic heterocycles. The van der Waals surface area contributed by atoms with Crippen molar-refractivity contribution in [3.8, 4) is 11.4 Å². The minimum absolute atomic E-state index is 0.0797. The summed E-state index contributed by atoms with van der Waals surface area (Å²) in [5, 5.41) is 1.06. The smallest absolute Gasteiger partial charge is 0.313 e. The van der Waals surface area contributed by atoms with E-state index in [1.165, 1.54) is 0 Å². The van der Waals surface area contributed by atoms with Crippen molar-refractivity contribution in [3.63, 3.8) is 0 Å². The van der Waals surface area contributed by atoms with Crippen molar-refractivity contribution >= 4 is 16.9 Å². The Morgan fingerprint density at radius 1 is 1.24 bits per heavy atom. The number of para-hydroxylation sites is 1. The number of carbonyl (C=O) groups excluding carboxylic acids is 1. The van der Waals surface area contributed by atoms with Crippen LogP contribution in [0.3, 0.4) is 0 Å². The van der Waals surface area contributed by atoms with Gasteiger partial charge in [-0.1, -0.05) is 25.1 Å². The van der Waals surface area contributed by atoms with Crippen molar-refractivity contribution in [2.75, 3.05) is 0 Å². The molecule has 5 nitrogen and oxygen atoms in total. The van der Waals surface area contributed by atoms with Gasteiger partial charge in [0, 0.05) is 22.6 Å². The van der Waals surface area contributed by atoms with Crippen molar-refractivity contribution < 1.29 is 9.53 Å². The number of benzene rings is 1. The Bertz CT molecular complexity index is 1110. The largest absolute Gasteiger partial charge is 0.460 e. The molecular formula is C20H16N2O3. The summed E-state index contributed by atoms with van der Waals surface area (Å²) in [5.41, 5.74) is 5.23. The Balaban J connectivity index is 1.83. The topological polar surface area (TPSA) is 61.2 Å². The molecule has 3 aromatic rings. The number of carbonyl (C=O) groups is 1. The highest BCUT2D eigenvalue weighted by molar-refractivity contribution is 5.86. The van der Waals surface area contributed by atoms with Crippen LogP contribution in [0.1, 0.15) is 36.0 Å². The molecule has 0 fully saturated rings. The van der Waals surface area contributed by atoms with Gasteiger partial charge in [0.05, 0.1) is 29.4 Å². The van der Waals surface area contributed by atoms with Gasteiger partial charge in [-0.3, -0.25) is 9.59 Å². The first-order valence-electron chi connectivity index (χ1n) is 8.49. The van der Waals surface area contributed by atoms with E-state index < -0.39 is 0 Å². The minimum Gasteiger partial charge on any atom is -0.460 e. The number of ether oxygens (including phenoxy) is 1. The predicted molar refractivity (Wildman–Crippen MR) is 93.4 cm³/mol. The number of hydrogen-bond acceptors (Lipinski definition) is 4. The van der Waals surface area contributed by atoms with E-state index in [1.54, 1.807) is 10.6 Å². The van der Waals surface area contributed by atoms with Crippen LogP contribution < -0.4 is 5.56 Å². The lowest BCUT2D eigenvalue weighted by Crippen LogP contribution is -2.29. The molecule has 0 radical (unpaired) electrons. The number of pyridine rings is 2. The number of hydrogen-bond donors (Lipinski definition) is 0. The van der Waals surface area contributed by atoms with Crippen molar-refractivity contribution in [1.82, 2.24) is 9.55 Å². The highest BCUT2D eigenvalue weighted by Crippen LogP contribution is 2.39. The van der Waals surface area contributed by atoms with Crippen molar-refractivity contribution in [1.29, 1.82) is 0 Å². The lowest BCUT2D eigenvalue weighted by molar-refractivity contribution is -0.148. The molecule has 2 aliphatic rings. The maximum atomic E-state index is 12.7. The zero-order valence-electron chi connectivity index (χ0n) is 13.8. The number of aromatic nitrogens is 2. The quantitative estimate of drug-likeness (QED) is 0.503. The van der Waals surface area contributed by atoms with E-state index in [9.17, 15) is 9.59 Å². The lowest BCUT2D eigenvalue weighted by atomic mass is 9.89. The van der Waals surface area contributed by atoms with E-state index in [0.717, 1.165) is 39.0 Å². The van der Waals surface area contributed by atoms with Crippen LogP contribution in [-0.2, 0) is 22.7 Å². The summed E-state index contributed by atoms with van der Waals surface area (Å²) in [7, 11) is 0. The number of esters is 1. The zero-order chi connectivity index (χ0) is 17.1. The predicted octanol–water partition coefficient (Wildman–Crippen LogP) is 2.98. The van der Waals surface area contributed by atoms with Crippen LogP contribution in [0.4, 0.5) is 0 Å². The molecule has 5 heteroatoms. The molecule has 0 saturated heterocycles. The van der Waals surface area contributed by atoms with Crippen LogP contribution >= 0.6 is 0 Å². The Hall–Kier alpha value is -2.95. The number of fused-ring (bicyclic) bond motifs is 6. The van der Waals surface area contributed by atoms with Gasteiger partial charge in [0.2, 0.25) is 0 Å². The van der Waals surface area contributed by atoms with Gasteiger partial charge >= 0.3 is 5.97 Å². The molecule has 0 N–H and O–H groups in total.